The lowest BCUT2D eigenvalue weighted by Gasteiger charge is -2.13. The van der Waals surface area contributed by atoms with Gasteiger partial charge in [-0.2, -0.15) is 0 Å². The molecule has 0 heterocycles. The van der Waals surface area contributed by atoms with E-state index in [0.717, 1.165) is 6.42 Å². The smallest absolute Gasteiger partial charge is 0.269 e. The van der Waals surface area contributed by atoms with Crippen LogP contribution in [-0.2, 0) is 11.2 Å². The molecule has 0 aromatic heterocycles. The van der Waals surface area contributed by atoms with Crippen molar-refractivity contribution in [3.8, 4) is 11.5 Å². The van der Waals surface area contributed by atoms with E-state index in [9.17, 15) is 14.0 Å². The number of rotatable bonds is 9. The number of carbonyl (C=O) groups is 2. The van der Waals surface area contributed by atoms with E-state index in [1.165, 1.54) is 13.2 Å². The van der Waals surface area contributed by atoms with Crippen LogP contribution in [0.5, 0.6) is 11.5 Å². The summed E-state index contributed by atoms with van der Waals surface area (Å²) in [5.74, 6) is 0.254. The summed E-state index contributed by atoms with van der Waals surface area (Å²) in [5.41, 5.74) is 5.45. The fourth-order valence-corrected chi connectivity index (χ4v) is 2.54. The van der Waals surface area contributed by atoms with Crippen molar-refractivity contribution in [1.29, 1.82) is 0 Å². The molecule has 156 valence electrons. The molecule has 0 aliphatic carbocycles. The number of amides is 2. The van der Waals surface area contributed by atoms with Gasteiger partial charge in [-0.1, -0.05) is 32.0 Å². The zero-order valence-corrected chi connectivity index (χ0v) is 17.0. The van der Waals surface area contributed by atoms with Crippen LogP contribution in [0.3, 0.4) is 0 Å². The van der Waals surface area contributed by atoms with Crippen molar-refractivity contribution in [2.75, 3.05) is 13.7 Å². The summed E-state index contributed by atoms with van der Waals surface area (Å²) >= 11 is 0. The first-order chi connectivity index (χ1) is 13.9. The Bertz CT molecular complexity index is 839. The van der Waals surface area contributed by atoms with E-state index < -0.39 is 11.8 Å². The molecule has 0 radical (unpaired) electrons. The number of benzene rings is 2. The summed E-state index contributed by atoms with van der Waals surface area (Å²) in [7, 11) is 1.50. The number of ether oxygens (including phenoxy) is 2. The molecule has 0 aliphatic rings. The monoisotopic (exact) mass is 402 g/mol. The third-order valence-electron chi connectivity index (χ3n) is 4.27. The van der Waals surface area contributed by atoms with Gasteiger partial charge >= 0.3 is 0 Å². The molecule has 0 unspecified atom stereocenters. The Morgan fingerprint density at radius 2 is 1.83 bits per heavy atom. The van der Waals surface area contributed by atoms with Crippen LogP contribution >= 0.6 is 0 Å². The molecular formula is C22H27FN2O4. The SMILES string of the molecule is COc1cc(C(=O)NNC(=O)CCc2ccccc2F)ccc1OCCC(C)C. The van der Waals surface area contributed by atoms with Crippen molar-refractivity contribution in [2.24, 2.45) is 5.92 Å². The molecule has 2 rings (SSSR count). The first kappa shape index (κ1) is 22.2. The Hall–Kier alpha value is -3.09. The number of methoxy groups -OCH3 is 1. The molecule has 0 saturated heterocycles. The summed E-state index contributed by atoms with van der Waals surface area (Å²) in [6, 6.07) is 11.1. The van der Waals surface area contributed by atoms with E-state index in [4.69, 9.17) is 9.47 Å². The van der Waals surface area contributed by atoms with Gasteiger partial charge in [0, 0.05) is 12.0 Å². The van der Waals surface area contributed by atoms with Gasteiger partial charge in [0.1, 0.15) is 5.82 Å². The Morgan fingerprint density at radius 3 is 2.52 bits per heavy atom. The molecule has 0 fully saturated rings. The number of nitrogens with one attached hydrogen (secondary N) is 2. The summed E-state index contributed by atoms with van der Waals surface area (Å²) < 4.78 is 24.6. The highest BCUT2D eigenvalue weighted by Crippen LogP contribution is 2.28. The average Bonchev–Trinajstić information content (AvgIpc) is 2.71. The Morgan fingerprint density at radius 1 is 1.07 bits per heavy atom. The number of hydrazine groups is 1. The van der Waals surface area contributed by atoms with E-state index >= 15 is 0 Å². The fourth-order valence-electron chi connectivity index (χ4n) is 2.54. The number of carbonyl (C=O) groups excluding carboxylic acids is 2. The predicted molar refractivity (Wildman–Crippen MR) is 108 cm³/mol. The second-order valence-electron chi connectivity index (χ2n) is 6.99. The van der Waals surface area contributed by atoms with Gasteiger partial charge < -0.3 is 9.47 Å². The Labute approximate surface area is 170 Å². The van der Waals surface area contributed by atoms with Gasteiger partial charge in [0.15, 0.2) is 11.5 Å². The lowest BCUT2D eigenvalue weighted by Crippen LogP contribution is -2.41. The van der Waals surface area contributed by atoms with Crippen LogP contribution in [0.4, 0.5) is 4.39 Å². The topological polar surface area (TPSA) is 76.7 Å². The molecule has 0 atom stereocenters. The van der Waals surface area contributed by atoms with Gasteiger partial charge in [0.05, 0.1) is 13.7 Å². The molecule has 0 spiro atoms. The molecule has 6 nitrogen and oxygen atoms in total. The summed E-state index contributed by atoms with van der Waals surface area (Å²) in [6.45, 7) is 4.77. The molecular weight excluding hydrogens is 375 g/mol. The zero-order chi connectivity index (χ0) is 21.2. The second kappa shape index (κ2) is 11.0. The maximum atomic E-state index is 13.6. The van der Waals surface area contributed by atoms with Crippen molar-refractivity contribution in [3.63, 3.8) is 0 Å². The van der Waals surface area contributed by atoms with Crippen LogP contribution in [0.1, 0.15) is 42.6 Å². The molecule has 2 amide bonds. The standard InChI is InChI=1S/C22H27FN2O4/c1-15(2)12-13-29-19-10-8-17(14-20(19)28-3)22(27)25-24-21(26)11-9-16-6-4-5-7-18(16)23/h4-8,10,14-15H,9,11-13H2,1-3H3,(H,24,26)(H,25,27). The van der Waals surface area contributed by atoms with E-state index in [2.05, 4.69) is 24.7 Å². The number of hydrogen-bond acceptors (Lipinski definition) is 4. The minimum Gasteiger partial charge on any atom is -0.493 e. The maximum Gasteiger partial charge on any atom is 0.269 e. The first-order valence-electron chi connectivity index (χ1n) is 9.54. The highest BCUT2D eigenvalue weighted by Gasteiger charge is 2.13. The third kappa shape index (κ3) is 7.10. The molecule has 7 heteroatoms. The number of halogens is 1. The van der Waals surface area contributed by atoms with Crippen molar-refractivity contribution >= 4 is 11.8 Å². The van der Waals surface area contributed by atoms with Gasteiger partial charge in [0.2, 0.25) is 5.91 Å². The van der Waals surface area contributed by atoms with Crippen LogP contribution in [-0.4, -0.2) is 25.5 Å². The van der Waals surface area contributed by atoms with Gasteiger partial charge in [-0.15, -0.1) is 0 Å². The van der Waals surface area contributed by atoms with Gasteiger partial charge in [-0.25, -0.2) is 4.39 Å². The number of hydrogen-bond donors (Lipinski definition) is 2. The largest absolute Gasteiger partial charge is 0.493 e. The van der Waals surface area contributed by atoms with Crippen molar-refractivity contribution in [2.45, 2.75) is 33.1 Å². The summed E-state index contributed by atoms with van der Waals surface area (Å²) in [6.07, 6.45) is 1.20. The van der Waals surface area contributed by atoms with Crippen molar-refractivity contribution in [3.05, 3.63) is 59.4 Å². The molecule has 0 bridgehead atoms. The first-order valence-corrected chi connectivity index (χ1v) is 9.54. The van der Waals surface area contributed by atoms with Crippen LogP contribution in [0.25, 0.3) is 0 Å². The molecule has 2 aromatic carbocycles. The van der Waals surface area contributed by atoms with Crippen LogP contribution in [0.15, 0.2) is 42.5 Å². The van der Waals surface area contributed by atoms with E-state index in [0.29, 0.717) is 35.2 Å². The minimum atomic E-state index is -0.490. The normalized spacial score (nSPS) is 10.5. The zero-order valence-electron chi connectivity index (χ0n) is 17.0. The van der Waals surface area contributed by atoms with Crippen LogP contribution in [0, 0.1) is 11.7 Å². The average molecular weight is 402 g/mol. The minimum absolute atomic E-state index is 0.0488. The highest BCUT2D eigenvalue weighted by atomic mass is 19.1. The molecule has 0 aliphatic heterocycles. The van der Waals surface area contributed by atoms with Gasteiger partial charge in [-0.05, 0) is 48.6 Å². The molecule has 2 N–H and O–H groups in total. The number of aryl methyl sites for hydroxylation is 1. The molecule has 0 saturated carbocycles. The predicted octanol–water partition coefficient (Wildman–Crippen LogP) is 3.65. The lowest BCUT2D eigenvalue weighted by atomic mass is 10.1. The summed E-state index contributed by atoms with van der Waals surface area (Å²) in [4.78, 5) is 24.2. The third-order valence-corrected chi connectivity index (χ3v) is 4.27. The van der Waals surface area contributed by atoms with E-state index in [1.807, 2.05) is 0 Å². The second-order valence-corrected chi connectivity index (χ2v) is 6.99. The quantitative estimate of drug-likeness (QED) is 0.628. The fraction of sp³-hybridized carbons (Fsp3) is 0.364. The van der Waals surface area contributed by atoms with Crippen molar-refractivity contribution < 1.29 is 23.5 Å². The maximum absolute atomic E-state index is 13.6. The lowest BCUT2D eigenvalue weighted by molar-refractivity contribution is -0.121. The van der Waals surface area contributed by atoms with Gasteiger partial charge in [0.25, 0.3) is 5.91 Å². The van der Waals surface area contributed by atoms with Crippen molar-refractivity contribution in [1.82, 2.24) is 10.9 Å². The van der Waals surface area contributed by atoms with Crippen LogP contribution < -0.4 is 20.3 Å². The summed E-state index contributed by atoms with van der Waals surface area (Å²) in [5, 5.41) is 0. The Kier molecular flexibility index (Phi) is 8.45. The molecule has 2 aromatic rings. The van der Waals surface area contributed by atoms with E-state index in [1.54, 1.807) is 36.4 Å². The molecule has 29 heavy (non-hydrogen) atoms. The van der Waals surface area contributed by atoms with Gasteiger partial charge in [-0.3, -0.25) is 20.4 Å². The highest BCUT2D eigenvalue weighted by molar-refractivity contribution is 5.96. The van der Waals surface area contributed by atoms with Crippen LogP contribution in [0.2, 0.25) is 0 Å². The Balaban J connectivity index is 1.86. The van der Waals surface area contributed by atoms with E-state index in [-0.39, 0.29) is 18.7 Å².